The summed E-state index contributed by atoms with van der Waals surface area (Å²) in [5.41, 5.74) is 1.76. The molecule has 1 saturated heterocycles. The van der Waals surface area contributed by atoms with Crippen LogP contribution in [0.3, 0.4) is 0 Å². The van der Waals surface area contributed by atoms with E-state index in [9.17, 15) is 9.90 Å². The van der Waals surface area contributed by atoms with Gasteiger partial charge in [0, 0.05) is 32.3 Å². The van der Waals surface area contributed by atoms with E-state index in [1.807, 2.05) is 12.1 Å². The third-order valence-electron chi connectivity index (χ3n) is 5.35. The zero-order valence-corrected chi connectivity index (χ0v) is 17.3. The Bertz CT molecular complexity index is 1300. The van der Waals surface area contributed by atoms with Gasteiger partial charge in [-0.2, -0.15) is 0 Å². The second-order valence-corrected chi connectivity index (χ2v) is 7.53. The van der Waals surface area contributed by atoms with Crippen LogP contribution in [0, 0.1) is 6.92 Å². The zero-order valence-electron chi connectivity index (χ0n) is 17.3. The first-order chi connectivity index (χ1) is 15.4. The second kappa shape index (κ2) is 7.54. The van der Waals surface area contributed by atoms with Gasteiger partial charge in [-0.1, -0.05) is 16.4 Å². The van der Waals surface area contributed by atoms with E-state index in [1.54, 1.807) is 38.4 Å². The number of aryl methyl sites for hydroxylation is 1. The monoisotopic (exact) mass is 433 g/mol. The fraction of sp³-hybridized carbons (Fsp3) is 0.238. The molecular formula is C21H19N7O4. The Labute approximate surface area is 182 Å². The molecule has 1 atom stereocenters. The van der Waals surface area contributed by atoms with Crippen molar-refractivity contribution in [2.24, 2.45) is 0 Å². The van der Waals surface area contributed by atoms with Crippen molar-refractivity contribution in [2.45, 2.75) is 18.9 Å². The Kier molecular flexibility index (Phi) is 4.67. The van der Waals surface area contributed by atoms with Gasteiger partial charge in [0.2, 0.25) is 11.5 Å². The molecule has 0 saturated carbocycles. The smallest absolute Gasteiger partial charge is 0.262 e. The number of hydrogen-bond acceptors (Lipinski definition) is 10. The number of rotatable bonds is 5. The number of carbonyl (C=O) groups is 1. The Balaban J connectivity index is 1.43. The highest BCUT2D eigenvalue weighted by Gasteiger charge is 2.48. The van der Waals surface area contributed by atoms with E-state index in [1.165, 1.54) is 11.2 Å². The van der Waals surface area contributed by atoms with Crippen LogP contribution in [0.25, 0.3) is 22.8 Å². The molecule has 5 heterocycles. The summed E-state index contributed by atoms with van der Waals surface area (Å²) in [5, 5.41) is 21.7. The zero-order chi connectivity index (χ0) is 22.3. The van der Waals surface area contributed by atoms with Crippen molar-refractivity contribution in [1.29, 1.82) is 0 Å². The molecule has 1 amide bonds. The Morgan fingerprint density at radius 3 is 2.62 bits per heavy atom. The van der Waals surface area contributed by atoms with E-state index in [-0.39, 0.29) is 12.2 Å². The molecule has 11 heteroatoms. The summed E-state index contributed by atoms with van der Waals surface area (Å²) >= 11 is 0. The maximum atomic E-state index is 12.3. The lowest BCUT2D eigenvalue weighted by Gasteiger charge is -2.16. The van der Waals surface area contributed by atoms with Gasteiger partial charge in [-0.05, 0) is 25.1 Å². The summed E-state index contributed by atoms with van der Waals surface area (Å²) in [6, 6.07) is 8.67. The van der Waals surface area contributed by atoms with Crippen LogP contribution in [0.15, 0.2) is 51.8 Å². The van der Waals surface area contributed by atoms with E-state index < -0.39 is 11.5 Å². The number of aromatic nitrogens is 5. The summed E-state index contributed by atoms with van der Waals surface area (Å²) in [6.45, 7) is 2.25. The number of hydrogen-bond donors (Lipinski definition) is 2. The molecule has 11 nitrogen and oxygen atoms in total. The second-order valence-electron chi connectivity index (χ2n) is 7.53. The highest BCUT2D eigenvalue weighted by atomic mass is 16.5. The van der Waals surface area contributed by atoms with Crippen molar-refractivity contribution < 1.29 is 18.9 Å². The minimum absolute atomic E-state index is 0.103. The van der Waals surface area contributed by atoms with Crippen LogP contribution < -0.4 is 5.32 Å². The van der Waals surface area contributed by atoms with Gasteiger partial charge >= 0.3 is 0 Å². The van der Waals surface area contributed by atoms with E-state index in [4.69, 9.17) is 9.05 Å². The molecule has 0 bridgehead atoms. The molecule has 162 valence electrons. The Morgan fingerprint density at radius 1 is 1.12 bits per heavy atom. The first-order valence-corrected chi connectivity index (χ1v) is 9.88. The molecule has 4 aromatic heterocycles. The van der Waals surface area contributed by atoms with Crippen LogP contribution in [-0.2, 0) is 10.4 Å². The predicted molar refractivity (Wildman–Crippen MR) is 111 cm³/mol. The third kappa shape index (κ3) is 3.38. The number of nitrogens with one attached hydrogen (secondary N) is 1. The summed E-state index contributed by atoms with van der Waals surface area (Å²) in [7, 11) is 1.64. The molecular weight excluding hydrogens is 414 g/mol. The number of likely N-dealkylation sites (N-methyl/N-ethyl adjacent to an activating group) is 1. The van der Waals surface area contributed by atoms with Gasteiger partial charge < -0.3 is 24.4 Å². The summed E-state index contributed by atoms with van der Waals surface area (Å²) < 4.78 is 10.2. The average Bonchev–Trinajstić information content (AvgIpc) is 3.52. The SMILES string of the molecule is Cc1nocc1Nc1nccc(-c2cccc(-c3cc(C4(O)CCN(C)C4=O)on3)n2)n1. The molecule has 0 aromatic carbocycles. The van der Waals surface area contributed by atoms with Gasteiger partial charge in [0.1, 0.15) is 23.3 Å². The minimum Gasteiger partial charge on any atom is -0.373 e. The van der Waals surface area contributed by atoms with E-state index in [0.29, 0.717) is 46.7 Å². The van der Waals surface area contributed by atoms with E-state index in [2.05, 4.69) is 30.6 Å². The molecule has 0 spiro atoms. The first kappa shape index (κ1) is 19.8. The number of nitrogens with zero attached hydrogens (tertiary/aromatic N) is 6. The lowest BCUT2D eigenvalue weighted by molar-refractivity contribution is -0.144. The van der Waals surface area contributed by atoms with Gasteiger partial charge in [0.15, 0.2) is 5.76 Å². The van der Waals surface area contributed by atoms with Crippen molar-refractivity contribution in [3.05, 3.63) is 54.2 Å². The third-order valence-corrected chi connectivity index (χ3v) is 5.35. The number of pyridine rings is 1. The number of carbonyl (C=O) groups excluding carboxylic acids is 1. The summed E-state index contributed by atoms with van der Waals surface area (Å²) in [6.07, 6.45) is 3.34. The van der Waals surface area contributed by atoms with Crippen LogP contribution in [0.1, 0.15) is 17.9 Å². The standard InChI is InChI=1S/C21H19N7O4/c1-12-17(11-31-26-12)25-20-22-8-6-15(24-20)13-4-3-5-14(23-13)16-10-18(32-27-16)21(30)7-9-28(2)19(21)29/h3-6,8,10-11,30H,7,9H2,1-2H3,(H,22,24,25). The van der Waals surface area contributed by atoms with E-state index in [0.717, 1.165) is 0 Å². The topological polar surface area (TPSA) is 143 Å². The molecule has 0 radical (unpaired) electrons. The molecule has 5 rings (SSSR count). The summed E-state index contributed by atoms with van der Waals surface area (Å²) in [5.74, 6) is 0.0634. The highest BCUT2D eigenvalue weighted by molar-refractivity contribution is 5.87. The van der Waals surface area contributed by atoms with Gasteiger partial charge in [-0.25, -0.2) is 15.0 Å². The molecule has 1 unspecified atom stereocenters. The molecule has 1 aliphatic rings. The maximum Gasteiger partial charge on any atom is 0.262 e. The van der Waals surface area contributed by atoms with Crippen molar-refractivity contribution in [3.8, 4) is 22.8 Å². The Hall–Kier alpha value is -4.12. The first-order valence-electron chi connectivity index (χ1n) is 9.88. The molecule has 0 aliphatic carbocycles. The highest BCUT2D eigenvalue weighted by Crippen LogP contribution is 2.34. The van der Waals surface area contributed by atoms with Gasteiger partial charge in [0.25, 0.3) is 5.91 Å². The quantitative estimate of drug-likeness (QED) is 0.481. The van der Waals surface area contributed by atoms with E-state index >= 15 is 0 Å². The van der Waals surface area contributed by atoms with Gasteiger partial charge in [-0.15, -0.1) is 0 Å². The number of likely N-dealkylation sites (tertiary alicyclic amines) is 1. The lowest BCUT2D eigenvalue weighted by Crippen LogP contribution is -2.35. The van der Waals surface area contributed by atoms with Crippen LogP contribution >= 0.6 is 0 Å². The number of amides is 1. The van der Waals surface area contributed by atoms with Crippen molar-refractivity contribution in [1.82, 2.24) is 30.2 Å². The normalized spacial score (nSPS) is 18.3. The molecule has 1 aliphatic heterocycles. The fourth-order valence-corrected chi connectivity index (χ4v) is 3.49. The average molecular weight is 433 g/mol. The number of aliphatic hydroxyl groups is 1. The van der Waals surface area contributed by atoms with Crippen LogP contribution in [-0.4, -0.2) is 54.8 Å². The Morgan fingerprint density at radius 2 is 1.91 bits per heavy atom. The molecule has 1 fully saturated rings. The van der Waals surface area contributed by atoms with Crippen molar-refractivity contribution in [2.75, 3.05) is 18.9 Å². The number of anilines is 2. The lowest BCUT2D eigenvalue weighted by atomic mass is 9.98. The van der Waals surface area contributed by atoms with Gasteiger partial charge in [-0.3, -0.25) is 4.79 Å². The van der Waals surface area contributed by atoms with Crippen LogP contribution in [0.2, 0.25) is 0 Å². The summed E-state index contributed by atoms with van der Waals surface area (Å²) in [4.78, 5) is 27.1. The molecule has 32 heavy (non-hydrogen) atoms. The molecule has 2 N–H and O–H groups in total. The molecule has 4 aromatic rings. The minimum atomic E-state index is -1.70. The van der Waals surface area contributed by atoms with Crippen molar-refractivity contribution in [3.63, 3.8) is 0 Å². The fourth-order valence-electron chi connectivity index (χ4n) is 3.49. The predicted octanol–water partition coefficient (Wildman–Crippen LogP) is 2.28. The van der Waals surface area contributed by atoms with Crippen LogP contribution in [0.4, 0.5) is 11.6 Å². The van der Waals surface area contributed by atoms with Crippen LogP contribution in [0.5, 0.6) is 0 Å². The maximum absolute atomic E-state index is 12.3. The largest absolute Gasteiger partial charge is 0.373 e. The van der Waals surface area contributed by atoms with Gasteiger partial charge in [0.05, 0.1) is 17.1 Å². The van der Waals surface area contributed by atoms with Crippen molar-refractivity contribution >= 4 is 17.5 Å².